The number of hydrogen-bond donors (Lipinski definition) is 1. The summed E-state index contributed by atoms with van der Waals surface area (Å²) in [6.07, 6.45) is 6.73. The van der Waals surface area contributed by atoms with Crippen molar-refractivity contribution in [3.63, 3.8) is 0 Å². The van der Waals surface area contributed by atoms with E-state index in [9.17, 15) is 0 Å². The Morgan fingerprint density at radius 2 is 1.93 bits per heavy atom. The predicted molar refractivity (Wildman–Crippen MR) is 115 cm³/mol. The zero-order chi connectivity index (χ0) is 21.0. The van der Waals surface area contributed by atoms with E-state index in [2.05, 4.69) is 47.1 Å². The fraction of sp³-hybridized carbons (Fsp3) is 0.571. The zero-order valence-corrected chi connectivity index (χ0v) is 18.0. The van der Waals surface area contributed by atoms with Crippen LogP contribution in [0.2, 0.25) is 0 Å². The van der Waals surface area contributed by atoms with Crippen molar-refractivity contribution >= 4 is 22.9 Å². The second-order valence-electron chi connectivity index (χ2n) is 8.71. The molecule has 9 heteroatoms. The highest BCUT2D eigenvalue weighted by Gasteiger charge is 2.37. The van der Waals surface area contributed by atoms with Crippen LogP contribution in [0.25, 0.3) is 22.6 Å². The Morgan fingerprint density at radius 1 is 1.17 bits per heavy atom. The van der Waals surface area contributed by atoms with Crippen LogP contribution >= 0.6 is 0 Å². The van der Waals surface area contributed by atoms with Crippen molar-refractivity contribution in [1.82, 2.24) is 29.5 Å². The predicted octanol–water partition coefficient (Wildman–Crippen LogP) is 2.90. The summed E-state index contributed by atoms with van der Waals surface area (Å²) in [5.74, 6) is 2.62. The van der Waals surface area contributed by atoms with Gasteiger partial charge in [0.1, 0.15) is 11.4 Å². The van der Waals surface area contributed by atoms with E-state index >= 15 is 0 Å². The molecule has 0 aliphatic carbocycles. The number of hydrogen-bond acceptors (Lipinski definition) is 8. The van der Waals surface area contributed by atoms with Crippen LogP contribution < -0.4 is 10.6 Å². The van der Waals surface area contributed by atoms with Crippen molar-refractivity contribution in [3.05, 3.63) is 18.2 Å². The van der Waals surface area contributed by atoms with E-state index in [1.54, 1.807) is 12.4 Å². The first-order valence-electron chi connectivity index (χ1n) is 10.7. The van der Waals surface area contributed by atoms with Crippen LogP contribution in [0.15, 0.2) is 12.4 Å². The molecule has 0 spiro atoms. The Hall–Kier alpha value is -2.81. The Bertz CT molecular complexity index is 1090. The minimum Gasteiger partial charge on any atom is -0.368 e. The fourth-order valence-electron chi connectivity index (χ4n) is 4.73. The lowest BCUT2D eigenvalue weighted by Crippen LogP contribution is -2.35. The summed E-state index contributed by atoms with van der Waals surface area (Å²) in [5, 5.41) is 0. The second kappa shape index (κ2) is 6.87. The Labute approximate surface area is 175 Å². The fourth-order valence-corrected chi connectivity index (χ4v) is 4.73. The van der Waals surface area contributed by atoms with Crippen LogP contribution in [0.1, 0.15) is 52.8 Å². The van der Waals surface area contributed by atoms with Gasteiger partial charge < -0.3 is 19.9 Å². The topological polar surface area (TPSA) is 108 Å². The molecule has 30 heavy (non-hydrogen) atoms. The third kappa shape index (κ3) is 2.91. The molecule has 2 aliphatic heterocycles. The lowest BCUT2D eigenvalue weighted by Gasteiger charge is -2.30. The molecule has 3 aromatic heterocycles. The summed E-state index contributed by atoms with van der Waals surface area (Å²) in [4.78, 5) is 25.6. The summed E-state index contributed by atoms with van der Waals surface area (Å²) in [7, 11) is 0. The minimum absolute atomic E-state index is 0.236. The number of nitrogen functional groups attached to an aromatic ring is 1. The smallest absolute Gasteiger partial charge is 0.219 e. The molecule has 5 heterocycles. The number of imidazole rings is 1. The van der Waals surface area contributed by atoms with Crippen LogP contribution in [-0.4, -0.2) is 48.2 Å². The largest absolute Gasteiger partial charge is 0.368 e. The molecule has 9 nitrogen and oxygen atoms in total. The molecule has 158 valence electrons. The van der Waals surface area contributed by atoms with E-state index in [1.165, 1.54) is 0 Å². The zero-order valence-electron chi connectivity index (χ0n) is 18.0. The van der Waals surface area contributed by atoms with Gasteiger partial charge in [0.05, 0.1) is 12.2 Å². The maximum atomic E-state index is 6.00. The lowest BCUT2D eigenvalue weighted by atomic mass is 10.1. The molecule has 1 fully saturated rings. The second-order valence-corrected chi connectivity index (χ2v) is 8.71. The van der Waals surface area contributed by atoms with E-state index in [4.69, 9.17) is 25.4 Å². The van der Waals surface area contributed by atoms with Crippen molar-refractivity contribution < 1.29 is 4.74 Å². The molecule has 2 aliphatic rings. The molecule has 3 aromatic rings. The van der Waals surface area contributed by atoms with Gasteiger partial charge in [0, 0.05) is 31.0 Å². The Kier molecular flexibility index (Phi) is 4.39. The third-order valence-corrected chi connectivity index (χ3v) is 6.32. The number of nitrogens with two attached hydrogens (primary N) is 1. The lowest BCUT2D eigenvalue weighted by molar-refractivity contribution is -0.0530. The quantitative estimate of drug-likeness (QED) is 0.705. The van der Waals surface area contributed by atoms with Gasteiger partial charge in [0.15, 0.2) is 22.8 Å². The van der Waals surface area contributed by atoms with Gasteiger partial charge in [0.2, 0.25) is 5.95 Å². The van der Waals surface area contributed by atoms with E-state index in [0.717, 1.165) is 54.2 Å². The summed E-state index contributed by atoms with van der Waals surface area (Å²) in [5.41, 5.74) is 7.64. The number of nitrogens with zero attached hydrogens (tertiary/aromatic N) is 7. The van der Waals surface area contributed by atoms with Gasteiger partial charge in [0.25, 0.3) is 0 Å². The average molecular weight is 409 g/mol. The minimum atomic E-state index is -0.471. The molecule has 1 saturated heterocycles. The van der Waals surface area contributed by atoms with E-state index in [0.29, 0.717) is 24.5 Å². The van der Waals surface area contributed by atoms with Crippen molar-refractivity contribution in [3.8, 4) is 11.4 Å². The van der Waals surface area contributed by atoms with E-state index < -0.39 is 5.60 Å². The van der Waals surface area contributed by atoms with E-state index in [-0.39, 0.29) is 5.95 Å². The molecule has 5 rings (SSSR count). The summed E-state index contributed by atoms with van der Waals surface area (Å²) in [6.45, 7) is 9.95. The molecule has 2 N–H and O–H groups in total. The molecule has 2 unspecified atom stereocenters. The van der Waals surface area contributed by atoms with Gasteiger partial charge in [-0.05, 0) is 40.0 Å². The van der Waals surface area contributed by atoms with Crippen molar-refractivity contribution in [1.29, 1.82) is 0 Å². The SMILES string of the molecule is CCC1CCC(C)N1c1nc(-c2cnc(N)nc2)nc2c1nc1n2CCOC1(C)C. The van der Waals surface area contributed by atoms with Gasteiger partial charge in [-0.1, -0.05) is 6.92 Å². The van der Waals surface area contributed by atoms with Crippen molar-refractivity contribution in [2.24, 2.45) is 0 Å². The van der Waals surface area contributed by atoms with Gasteiger partial charge in [-0.25, -0.2) is 24.9 Å². The molecule has 0 amide bonds. The van der Waals surface area contributed by atoms with Crippen molar-refractivity contribution in [2.45, 2.75) is 71.2 Å². The molecular weight excluding hydrogens is 380 g/mol. The summed E-state index contributed by atoms with van der Waals surface area (Å²) in [6, 6.07) is 0.836. The number of ether oxygens (including phenoxy) is 1. The first-order valence-corrected chi connectivity index (χ1v) is 10.7. The highest BCUT2D eigenvalue weighted by molar-refractivity contribution is 5.87. The van der Waals surface area contributed by atoms with Gasteiger partial charge >= 0.3 is 0 Å². The van der Waals surface area contributed by atoms with Gasteiger partial charge in [-0.3, -0.25) is 0 Å². The molecule has 0 bridgehead atoms. The van der Waals surface area contributed by atoms with Crippen LogP contribution in [0, 0.1) is 0 Å². The molecular formula is C21H28N8O. The maximum Gasteiger partial charge on any atom is 0.219 e. The van der Waals surface area contributed by atoms with Crippen LogP contribution in [-0.2, 0) is 16.9 Å². The Morgan fingerprint density at radius 3 is 2.67 bits per heavy atom. The number of anilines is 2. The van der Waals surface area contributed by atoms with Gasteiger partial charge in [-0.2, -0.15) is 0 Å². The molecule has 0 saturated carbocycles. The highest BCUT2D eigenvalue weighted by Crippen LogP contribution is 2.38. The summed E-state index contributed by atoms with van der Waals surface area (Å²) < 4.78 is 8.17. The standard InChI is InChI=1S/C21H28N8O/c1-5-14-7-6-12(2)29(14)18-15-17(28-8-9-30-21(3,4)19(28)25-15)26-16(27-18)13-10-23-20(22)24-11-13/h10-12,14H,5-9H2,1-4H3,(H2,22,23,24). The number of rotatable bonds is 3. The summed E-state index contributed by atoms with van der Waals surface area (Å²) >= 11 is 0. The van der Waals surface area contributed by atoms with Gasteiger partial charge in [-0.15, -0.1) is 0 Å². The van der Waals surface area contributed by atoms with Crippen molar-refractivity contribution in [2.75, 3.05) is 17.2 Å². The van der Waals surface area contributed by atoms with Crippen LogP contribution in [0.3, 0.4) is 0 Å². The molecule has 0 aromatic carbocycles. The first-order chi connectivity index (χ1) is 14.4. The third-order valence-electron chi connectivity index (χ3n) is 6.32. The monoisotopic (exact) mass is 408 g/mol. The van der Waals surface area contributed by atoms with E-state index in [1.807, 2.05) is 0 Å². The number of aromatic nitrogens is 6. The Balaban J connectivity index is 1.78. The van der Waals surface area contributed by atoms with Crippen LogP contribution in [0.4, 0.5) is 11.8 Å². The molecule has 0 radical (unpaired) electrons. The first kappa shape index (κ1) is 19.2. The average Bonchev–Trinajstić information content (AvgIpc) is 3.29. The normalized spacial score (nSPS) is 23.1. The maximum absolute atomic E-state index is 6.00. The van der Waals surface area contributed by atoms with Crippen LogP contribution in [0.5, 0.6) is 0 Å². The molecule has 2 atom stereocenters. The number of fused-ring (bicyclic) bond motifs is 3. The highest BCUT2D eigenvalue weighted by atomic mass is 16.5.